The summed E-state index contributed by atoms with van der Waals surface area (Å²) in [7, 11) is 0. The molecule has 0 atom stereocenters. The van der Waals surface area contributed by atoms with Crippen LogP contribution in [0.5, 0.6) is 0 Å². The van der Waals surface area contributed by atoms with Gasteiger partial charge in [-0.15, -0.1) is 11.3 Å². The highest BCUT2D eigenvalue weighted by molar-refractivity contribution is 7.99. The van der Waals surface area contributed by atoms with Crippen LogP contribution in [0.15, 0.2) is 5.51 Å². The molecule has 0 spiro atoms. The van der Waals surface area contributed by atoms with E-state index in [2.05, 4.69) is 29.0 Å². The highest BCUT2D eigenvalue weighted by atomic mass is 32.2. The van der Waals surface area contributed by atoms with E-state index in [1.165, 1.54) is 41.5 Å². The Labute approximate surface area is 106 Å². The summed E-state index contributed by atoms with van der Waals surface area (Å²) in [6.45, 7) is 4.41. The van der Waals surface area contributed by atoms with E-state index in [9.17, 15) is 0 Å². The normalized spacial score (nSPS) is 17.8. The first-order chi connectivity index (χ1) is 7.86. The number of thioether (sulfide) groups is 1. The molecule has 0 aliphatic carbocycles. The molecule has 1 saturated heterocycles. The second kappa shape index (κ2) is 6.62. The van der Waals surface area contributed by atoms with E-state index >= 15 is 0 Å². The van der Waals surface area contributed by atoms with Gasteiger partial charge in [0, 0.05) is 11.4 Å². The number of nitrogens with zero attached hydrogens (tertiary/aromatic N) is 1. The molecule has 1 aromatic heterocycles. The Hall–Kier alpha value is -0.0600. The Morgan fingerprint density at radius 2 is 2.25 bits per heavy atom. The van der Waals surface area contributed by atoms with Crippen LogP contribution in [0.25, 0.3) is 0 Å². The van der Waals surface area contributed by atoms with Crippen LogP contribution in [-0.2, 0) is 6.42 Å². The number of nitrogens with one attached hydrogen (secondary N) is 1. The molecule has 90 valence electrons. The lowest BCUT2D eigenvalue weighted by Crippen LogP contribution is -2.27. The minimum Gasteiger partial charge on any atom is -0.316 e. The van der Waals surface area contributed by atoms with Crippen LogP contribution in [0.3, 0.4) is 0 Å². The highest BCUT2D eigenvalue weighted by Crippen LogP contribution is 2.21. The lowest BCUT2D eigenvalue weighted by Gasteiger charge is -2.21. The van der Waals surface area contributed by atoms with Crippen molar-refractivity contribution in [1.82, 2.24) is 10.3 Å². The molecule has 2 rings (SSSR count). The number of aromatic nitrogens is 1. The number of hydrogen-bond acceptors (Lipinski definition) is 4. The lowest BCUT2D eigenvalue weighted by atomic mass is 10.0. The van der Waals surface area contributed by atoms with Gasteiger partial charge in [0.1, 0.15) is 0 Å². The van der Waals surface area contributed by atoms with Gasteiger partial charge in [0.2, 0.25) is 0 Å². The summed E-state index contributed by atoms with van der Waals surface area (Å²) < 4.78 is 0. The second-order valence-electron chi connectivity index (χ2n) is 4.37. The fourth-order valence-corrected chi connectivity index (χ4v) is 4.01. The number of rotatable bonds is 5. The Morgan fingerprint density at radius 3 is 2.94 bits per heavy atom. The maximum absolute atomic E-state index is 4.27. The van der Waals surface area contributed by atoms with Crippen LogP contribution < -0.4 is 5.32 Å². The van der Waals surface area contributed by atoms with Crippen molar-refractivity contribution in [2.45, 2.75) is 26.2 Å². The van der Waals surface area contributed by atoms with Crippen LogP contribution in [0.2, 0.25) is 0 Å². The summed E-state index contributed by atoms with van der Waals surface area (Å²) in [5, 5.41) is 3.59. The van der Waals surface area contributed by atoms with Crippen LogP contribution in [-0.4, -0.2) is 29.6 Å². The predicted molar refractivity (Wildman–Crippen MR) is 73.5 cm³/mol. The van der Waals surface area contributed by atoms with Gasteiger partial charge in [-0.1, -0.05) is 0 Å². The van der Waals surface area contributed by atoms with Crippen molar-refractivity contribution in [3.05, 3.63) is 16.1 Å². The molecule has 0 unspecified atom stereocenters. The van der Waals surface area contributed by atoms with Gasteiger partial charge in [0.25, 0.3) is 0 Å². The van der Waals surface area contributed by atoms with E-state index in [4.69, 9.17) is 0 Å². The second-order valence-corrected chi connectivity index (χ2v) is 6.53. The molecular formula is C12H20N2S2. The van der Waals surface area contributed by atoms with Crippen molar-refractivity contribution in [3.63, 3.8) is 0 Å². The van der Waals surface area contributed by atoms with Crippen LogP contribution in [0.4, 0.5) is 0 Å². The van der Waals surface area contributed by atoms with Crippen LogP contribution >= 0.6 is 23.1 Å². The third kappa shape index (κ3) is 3.75. The van der Waals surface area contributed by atoms with Crippen molar-refractivity contribution in [1.29, 1.82) is 0 Å². The number of hydrogen-bond donors (Lipinski definition) is 1. The first-order valence-corrected chi connectivity index (χ1v) is 8.07. The zero-order chi connectivity index (χ0) is 11.2. The van der Waals surface area contributed by atoms with Gasteiger partial charge < -0.3 is 5.32 Å². The molecule has 1 aliphatic rings. The van der Waals surface area contributed by atoms with Gasteiger partial charge in [-0.05, 0) is 50.2 Å². The molecule has 0 bridgehead atoms. The lowest BCUT2D eigenvalue weighted by molar-refractivity contribution is 0.450. The minimum atomic E-state index is 0.920. The largest absolute Gasteiger partial charge is 0.316 e. The smallest absolute Gasteiger partial charge is 0.0797 e. The monoisotopic (exact) mass is 256 g/mol. The van der Waals surface area contributed by atoms with Crippen LogP contribution in [0.1, 0.15) is 23.4 Å². The molecule has 1 aromatic rings. The summed E-state index contributed by atoms with van der Waals surface area (Å²) in [6.07, 6.45) is 3.94. The minimum absolute atomic E-state index is 0.920. The molecule has 0 aromatic carbocycles. The first-order valence-electron chi connectivity index (χ1n) is 6.03. The van der Waals surface area contributed by atoms with Gasteiger partial charge >= 0.3 is 0 Å². The van der Waals surface area contributed by atoms with E-state index in [0.717, 1.165) is 18.9 Å². The van der Waals surface area contributed by atoms with E-state index < -0.39 is 0 Å². The number of aryl methyl sites for hydroxylation is 1. The fourth-order valence-electron chi connectivity index (χ4n) is 2.02. The summed E-state index contributed by atoms with van der Waals surface area (Å²) in [5.74, 6) is 3.64. The molecule has 1 fully saturated rings. The molecule has 0 amide bonds. The molecule has 0 saturated carbocycles. The summed E-state index contributed by atoms with van der Waals surface area (Å²) in [6, 6.07) is 0. The molecule has 2 heterocycles. The Balaban J connectivity index is 1.59. The predicted octanol–water partition coefficient (Wildman–Crippen LogP) is 2.73. The zero-order valence-corrected chi connectivity index (χ0v) is 11.5. The van der Waals surface area contributed by atoms with Crippen molar-refractivity contribution >= 4 is 23.1 Å². The topological polar surface area (TPSA) is 24.9 Å². The van der Waals surface area contributed by atoms with E-state index in [1.54, 1.807) is 11.3 Å². The third-order valence-corrected chi connectivity index (χ3v) is 5.19. The molecule has 0 radical (unpaired) electrons. The van der Waals surface area contributed by atoms with Crippen molar-refractivity contribution < 1.29 is 0 Å². The Kier molecular flexibility index (Phi) is 5.13. The molecule has 16 heavy (non-hydrogen) atoms. The van der Waals surface area contributed by atoms with Gasteiger partial charge in [0.05, 0.1) is 11.2 Å². The SMILES string of the molecule is Cc1ncsc1CCNCC1CCSCC1. The Bertz CT molecular complexity index is 306. The van der Waals surface area contributed by atoms with Gasteiger partial charge in [-0.3, -0.25) is 0 Å². The van der Waals surface area contributed by atoms with E-state index in [-0.39, 0.29) is 0 Å². The van der Waals surface area contributed by atoms with Gasteiger partial charge in [0.15, 0.2) is 0 Å². The van der Waals surface area contributed by atoms with Crippen molar-refractivity contribution in [2.75, 3.05) is 24.6 Å². The standard InChI is InChI=1S/C12H20N2S2/c1-10-12(16-9-14-10)2-5-13-8-11-3-6-15-7-4-11/h9,11,13H,2-8H2,1H3. The van der Waals surface area contributed by atoms with Gasteiger partial charge in [-0.2, -0.15) is 11.8 Å². The molecular weight excluding hydrogens is 236 g/mol. The average molecular weight is 256 g/mol. The molecule has 1 aliphatic heterocycles. The molecule has 4 heteroatoms. The maximum Gasteiger partial charge on any atom is 0.0797 e. The molecule has 1 N–H and O–H groups in total. The van der Waals surface area contributed by atoms with E-state index in [0.29, 0.717) is 0 Å². The van der Waals surface area contributed by atoms with Crippen molar-refractivity contribution in [3.8, 4) is 0 Å². The highest BCUT2D eigenvalue weighted by Gasteiger charge is 2.12. The zero-order valence-electron chi connectivity index (χ0n) is 9.87. The Morgan fingerprint density at radius 1 is 1.44 bits per heavy atom. The average Bonchev–Trinajstić information content (AvgIpc) is 2.72. The number of thiazole rings is 1. The molecule has 2 nitrogen and oxygen atoms in total. The van der Waals surface area contributed by atoms with Crippen molar-refractivity contribution in [2.24, 2.45) is 5.92 Å². The maximum atomic E-state index is 4.27. The third-order valence-electron chi connectivity index (χ3n) is 3.15. The fraction of sp³-hybridized carbons (Fsp3) is 0.750. The quantitative estimate of drug-likeness (QED) is 0.820. The van der Waals surface area contributed by atoms with Gasteiger partial charge in [-0.25, -0.2) is 4.98 Å². The van der Waals surface area contributed by atoms with Crippen LogP contribution in [0, 0.1) is 12.8 Å². The van der Waals surface area contributed by atoms with E-state index in [1.807, 2.05) is 5.51 Å². The summed E-state index contributed by atoms with van der Waals surface area (Å²) >= 11 is 3.88. The first kappa shape index (κ1) is 12.4. The summed E-state index contributed by atoms with van der Waals surface area (Å²) in [5.41, 5.74) is 3.16. The summed E-state index contributed by atoms with van der Waals surface area (Å²) in [4.78, 5) is 5.71.